The molecular formula is C18H21BrN2. The van der Waals surface area contributed by atoms with Crippen molar-refractivity contribution in [1.29, 1.82) is 0 Å². The van der Waals surface area contributed by atoms with Crippen molar-refractivity contribution in [2.24, 2.45) is 0 Å². The zero-order valence-corrected chi connectivity index (χ0v) is 14.0. The topological polar surface area (TPSA) is 15.3 Å². The van der Waals surface area contributed by atoms with Crippen LogP contribution >= 0.6 is 15.9 Å². The quantitative estimate of drug-likeness (QED) is 0.842. The number of hydrogen-bond donors (Lipinski definition) is 1. The summed E-state index contributed by atoms with van der Waals surface area (Å²) in [5.74, 6) is 0. The fraction of sp³-hybridized carbons (Fsp3) is 0.333. The Kier molecular flexibility index (Phi) is 4.49. The molecule has 0 bridgehead atoms. The molecule has 0 radical (unpaired) electrons. The summed E-state index contributed by atoms with van der Waals surface area (Å²) < 4.78 is 1.11. The zero-order chi connectivity index (χ0) is 14.7. The maximum atomic E-state index is 3.58. The fourth-order valence-corrected chi connectivity index (χ4v) is 3.26. The van der Waals surface area contributed by atoms with Crippen molar-refractivity contribution in [2.45, 2.75) is 26.3 Å². The standard InChI is InChI=1S/C18H21BrN2/c1-14-8-9-16(19)12-17(14)20-13-15-6-2-3-7-18(15)21-10-4-5-11-21/h2-3,6-9,12,20H,4-5,10-11,13H2,1H3. The third-order valence-corrected chi connectivity index (χ3v) is 4.60. The van der Waals surface area contributed by atoms with Crippen LogP contribution < -0.4 is 10.2 Å². The molecule has 0 unspecified atom stereocenters. The number of nitrogens with zero attached hydrogens (tertiary/aromatic N) is 1. The van der Waals surface area contributed by atoms with Gasteiger partial charge in [-0.15, -0.1) is 0 Å². The van der Waals surface area contributed by atoms with Gasteiger partial charge in [0.05, 0.1) is 0 Å². The van der Waals surface area contributed by atoms with Gasteiger partial charge in [0.2, 0.25) is 0 Å². The Balaban J connectivity index is 1.77. The molecule has 1 saturated heterocycles. The molecule has 2 nitrogen and oxygen atoms in total. The van der Waals surface area contributed by atoms with Gasteiger partial charge in [0, 0.05) is 35.5 Å². The van der Waals surface area contributed by atoms with Crippen molar-refractivity contribution >= 4 is 27.3 Å². The van der Waals surface area contributed by atoms with E-state index in [4.69, 9.17) is 0 Å². The molecule has 0 aliphatic carbocycles. The van der Waals surface area contributed by atoms with Gasteiger partial charge >= 0.3 is 0 Å². The van der Waals surface area contributed by atoms with E-state index in [0.717, 1.165) is 11.0 Å². The third-order valence-electron chi connectivity index (χ3n) is 4.11. The summed E-state index contributed by atoms with van der Waals surface area (Å²) in [5.41, 5.74) is 5.23. The normalized spacial score (nSPS) is 14.5. The highest BCUT2D eigenvalue weighted by Crippen LogP contribution is 2.26. The van der Waals surface area contributed by atoms with E-state index in [0.29, 0.717) is 0 Å². The van der Waals surface area contributed by atoms with Crippen LogP contribution in [0.3, 0.4) is 0 Å². The highest BCUT2D eigenvalue weighted by atomic mass is 79.9. The van der Waals surface area contributed by atoms with Crippen LogP contribution in [-0.2, 0) is 6.54 Å². The van der Waals surface area contributed by atoms with E-state index < -0.39 is 0 Å². The summed E-state index contributed by atoms with van der Waals surface area (Å²) in [5, 5.41) is 3.58. The van der Waals surface area contributed by atoms with E-state index in [1.165, 1.54) is 48.4 Å². The monoisotopic (exact) mass is 344 g/mol. The number of halogens is 1. The molecule has 0 spiro atoms. The molecule has 2 aromatic carbocycles. The predicted molar refractivity (Wildman–Crippen MR) is 94.1 cm³/mol. The van der Waals surface area contributed by atoms with Crippen LogP contribution in [0.15, 0.2) is 46.9 Å². The molecule has 0 amide bonds. The van der Waals surface area contributed by atoms with Crippen molar-refractivity contribution in [1.82, 2.24) is 0 Å². The lowest BCUT2D eigenvalue weighted by Crippen LogP contribution is -2.20. The molecule has 1 aliphatic rings. The van der Waals surface area contributed by atoms with Gasteiger partial charge in [-0.3, -0.25) is 0 Å². The van der Waals surface area contributed by atoms with Gasteiger partial charge in [-0.1, -0.05) is 40.2 Å². The molecule has 1 N–H and O–H groups in total. The summed E-state index contributed by atoms with van der Waals surface area (Å²) in [6.07, 6.45) is 2.62. The summed E-state index contributed by atoms with van der Waals surface area (Å²) >= 11 is 3.54. The lowest BCUT2D eigenvalue weighted by atomic mass is 10.1. The van der Waals surface area contributed by atoms with Crippen LogP contribution in [0.5, 0.6) is 0 Å². The van der Waals surface area contributed by atoms with Gasteiger partial charge in [-0.05, 0) is 49.1 Å². The van der Waals surface area contributed by atoms with Crippen LogP contribution in [0.2, 0.25) is 0 Å². The molecule has 1 aliphatic heterocycles. The van der Waals surface area contributed by atoms with Crippen LogP contribution in [0, 0.1) is 6.92 Å². The average Bonchev–Trinajstić information content (AvgIpc) is 3.03. The van der Waals surface area contributed by atoms with E-state index in [-0.39, 0.29) is 0 Å². The molecule has 1 fully saturated rings. The number of para-hydroxylation sites is 1. The van der Waals surface area contributed by atoms with Crippen molar-refractivity contribution < 1.29 is 0 Å². The first-order chi connectivity index (χ1) is 10.2. The summed E-state index contributed by atoms with van der Waals surface area (Å²) in [6.45, 7) is 5.38. The Hall–Kier alpha value is -1.48. The Morgan fingerprint density at radius 3 is 2.67 bits per heavy atom. The highest BCUT2D eigenvalue weighted by molar-refractivity contribution is 9.10. The fourth-order valence-electron chi connectivity index (χ4n) is 2.90. The lowest BCUT2D eigenvalue weighted by molar-refractivity contribution is 0.949. The maximum Gasteiger partial charge on any atom is 0.0421 e. The highest BCUT2D eigenvalue weighted by Gasteiger charge is 2.15. The van der Waals surface area contributed by atoms with E-state index in [1.54, 1.807) is 0 Å². The van der Waals surface area contributed by atoms with Gasteiger partial charge in [-0.25, -0.2) is 0 Å². The number of rotatable bonds is 4. The summed E-state index contributed by atoms with van der Waals surface area (Å²) in [4.78, 5) is 2.50. The largest absolute Gasteiger partial charge is 0.381 e. The second kappa shape index (κ2) is 6.52. The number of benzene rings is 2. The van der Waals surface area contributed by atoms with Gasteiger partial charge < -0.3 is 10.2 Å². The third kappa shape index (κ3) is 3.41. The van der Waals surface area contributed by atoms with Crippen molar-refractivity contribution in [3.05, 3.63) is 58.1 Å². The number of anilines is 2. The first kappa shape index (κ1) is 14.5. The SMILES string of the molecule is Cc1ccc(Br)cc1NCc1ccccc1N1CCCC1. The van der Waals surface area contributed by atoms with Crippen LogP contribution in [0.25, 0.3) is 0 Å². The lowest BCUT2D eigenvalue weighted by Gasteiger charge is -2.22. The predicted octanol–water partition coefficient (Wildman–Crippen LogP) is 4.97. The first-order valence-electron chi connectivity index (χ1n) is 7.57. The van der Waals surface area contributed by atoms with E-state index in [1.807, 2.05) is 0 Å². The zero-order valence-electron chi connectivity index (χ0n) is 12.4. The van der Waals surface area contributed by atoms with Crippen LogP contribution in [-0.4, -0.2) is 13.1 Å². The minimum absolute atomic E-state index is 0.865. The number of hydrogen-bond acceptors (Lipinski definition) is 2. The molecule has 0 saturated carbocycles. The molecule has 1 heterocycles. The van der Waals surface area contributed by atoms with E-state index >= 15 is 0 Å². The van der Waals surface area contributed by atoms with Gasteiger partial charge in [0.15, 0.2) is 0 Å². The van der Waals surface area contributed by atoms with E-state index in [2.05, 4.69) is 75.5 Å². The van der Waals surface area contributed by atoms with Crippen molar-refractivity contribution in [2.75, 3.05) is 23.3 Å². The van der Waals surface area contributed by atoms with E-state index in [9.17, 15) is 0 Å². The van der Waals surface area contributed by atoms with Crippen molar-refractivity contribution in [3.8, 4) is 0 Å². The maximum absolute atomic E-state index is 3.58. The second-order valence-electron chi connectivity index (χ2n) is 5.64. The molecule has 2 aromatic rings. The molecule has 0 aromatic heterocycles. The number of aryl methyl sites for hydroxylation is 1. The Bertz CT molecular complexity index is 618. The molecule has 3 heteroatoms. The molecule has 0 atom stereocenters. The van der Waals surface area contributed by atoms with Gasteiger partial charge in [-0.2, -0.15) is 0 Å². The van der Waals surface area contributed by atoms with Crippen LogP contribution in [0.4, 0.5) is 11.4 Å². The molecule has 21 heavy (non-hydrogen) atoms. The average molecular weight is 345 g/mol. The van der Waals surface area contributed by atoms with Crippen molar-refractivity contribution in [3.63, 3.8) is 0 Å². The van der Waals surface area contributed by atoms with Crippen LogP contribution in [0.1, 0.15) is 24.0 Å². The summed E-state index contributed by atoms with van der Waals surface area (Å²) in [6, 6.07) is 15.1. The Morgan fingerprint density at radius 2 is 1.86 bits per heavy atom. The number of nitrogens with one attached hydrogen (secondary N) is 1. The van der Waals surface area contributed by atoms with Gasteiger partial charge in [0.1, 0.15) is 0 Å². The van der Waals surface area contributed by atoms with Gasteiger partial charge in [0.25, 0.3) is 0 Å². The second-order valence-corrected chi connectivity index (χ2v) is 6.55. The minimum atomic E-state index is 0.865. The Labute approximate surface area is 135 Å². The molecule has 110 valence electrons. The first-order valence-corrected chi connectivity index (χ1v) is 8.36. The Morgan fingerprint density at radius 1 is 1.10 bits per heavy atom. The minimum Gasteiger partial charge on any atom is -0.381 e. The molecular weight excluding hydrogens is 324 g/mol. The molecule has 3 rings (SSSR count). The summed E-state index contributed by atoms with van der Waals surface area (Å²) in [7, 11) is 0. The smallest absolute Gasteiger partial charge is 0.0421 e.